The van der Waals surface area contributed by atoms with E-state index in [1.165, 1.54) is 11.3 Å². The zero-order valence-electron chi connectivity index (χ0n) is 9.69. The number of thiophene rings is 1. The molecule has 94 valence electrons. The van der Waals surface area contributed by atoms with E-state index in [0.717, 1.165) is 5.56 Å². The second-order valence-electron chi connectivity index (χ2n) is 3.64. The highest BCUT2D eigenvalue weighted by Gasteiger charge is 2.10. The summed E-state index contributed by atoms with van der Waals surface area (Å²) in [4.78, 5) is 23.7. The van der Waals surface area contributed by atoms with Crippen LogP contribution in [0.3, 0.4) is 0 Å². The number of carbonyl (C=O) groups excluding carboxylic acids is 2. The van der Waals surface area contributed by atoms with E-state index in [2.05, 4.69) is 20.8 Å². The van der Waals surface area contributed by atoms with Gasteiger partial charge in [0.05, 0.1) is 17.6 Å². The molecular formula is C11H12N4O2S. The number of carbonyl (C=O) groups is 2. The highest BCUT2D eigenvalue weighted by atomic mass is 32.1. The lowest BCUT2D eigenvalue weighted by Gasteiger charge is -2.05. The van der Waals surface area contributed by atoms with Crippen molar-refractivity contribution >= 4 is 29.0 Å². The summed E-state index contributed by atoms with van der Waals surface area (Å²) in [5.74, 6) is -0.000823. The first kappa shape index (κ1) is 12.3. The van der Waals surface area contributed by atoms with Gasteiger partial charge in [-0.3, -0.25) is 14.7 Å². The maximum absolute atomic E-state index is 11.6. The molecule has 0 aliphatic heterocycles. The Morgan fingerprint density at radius 3 is 2.94 bits per heavy atom. The molecule has 0 aromatic carbocycles. The number of anilines is 1. The van der Waals surface area contributed by atoms with Crippen molar-refractivity contribution in [1.29, 1.82) is 0 Å². The summed E-state index contributed by atoms with van der Waals surface area (Å²) >= 11 is 1.33. The molecule has 0 radical (unpaired) electrons. The quantitative estimate of drug-likeness (QED) is 0.774. The van der Waals surface area contributed by atoms with Crippen molar-refractivity contribution in [3.05, 3.63) is 34.2 Å². The van der Waals surface area contributed by atoms with Crippen molar-refractivity contribution < 1.29 is 9.59 Å². The summed E-state index contributed by atoms with van der Waals surface area (Å²) in [5, 5.41) is 13.4. The molecule has 0 bridgehead atoms. The van der Waals surface area contributed by atoms with Gasteiger partial charge < -0.3 is 10.6 Å². The fourth-order valence-corrected chi connectivity index (χ4v) is 1.95. The van der Waals surface area contributed by atoms with Crippen LogP contribution in [0.15, 0.2) is 23.7 Å². The molecule has 18 heavy (non-hydrogen) atoms. The Morgan fingerprint density at radius 1 is 1.50 bits per heavy atom. The molecule has 0 aliphatic rings. The number of aryl methyl sites for hydroxylation is 1. The van der Waals surface area contributed by atoms with E-state index in [4.69, 9.17) is 0 Å². The second-order valence-corrected chi connectivity index (χ2v) is 4.58. The summed E-state index contributed by atoms with van der Waals surface area (Å²) in [5.41, 5.74) is 0.841. The topological polar surface area (TPSA) is 86.9 Å². The number of hydrogen-bond donors (Lipinski definition) is 3. The van der Waals surface area contributed by atoms with E-state index >= 15 is 0 Å². The van der Waals surface area contributed by atoms with Gasteiger partial charge in [-0.2, -0.15) is 5.10 Å². The average molecular weight is 264 g/mol. The third-order valence-corrected chi connectivity index (χ3v) is 3.12. The summed E-state index contributed by atoms with van der Waals surface area (Å²) in [6.45, 7) is 1.75. The molecule has 0 saturated heterocycles. The van der Waals surface area contributed by atoms with Gasteiger partial charge in [0.25, 0.3) is 5.91 Å². The third kappa shape index (κ3) is 2.95. The summed E-state index contributed by atoms with van der Waals surface area (Å²) in [7, 11) is 0. The van der Waals surface area contributed by atoms with Crippen LogP contribution in [-0.4, -0.2) is 28.6 Å². The summed E-state index contributed by atoms with van der Waals surface area (Å²) < 4.78 is 0. The zero-order chi connectivity index (χ0) is 13.0. The number of amides is 2. The van der Waals surface area contributed by atoms with Gasteiger partial charge in [0.1, 0.15) is 5.82 Å². The van der Waals surface area contributed by atoms with Gasteiger partial charge in [0.15, 0.2) is 0 Å². The molecule has 3 N–H and O–H groups in total. The maximum atomic E-state index is 11.6. The lowest BCUT2D eigenvalue weighted by atomic mass is 10.3. The number of nitrogens with one attached hydrogen (secondary N) is 3. The monoisotopic (exact) mass is 264 g/mol. The highest BCUT2D eigenvalue weighted by Crippen LogP contribution is 2.08. The van der Waals surface area contributed by atoms with Crippen molar-refractivity contribution in [3.63, 3.8) is 0 Å². The van der Waals surface area contributed by atoms with E-state index < -0.39 is 0 Å². The van der Waals surface area contributed by atoms with Gasteiger partial charge in [0, 0.05) is 5.56 Å². The average Bonchev–Trinajstić information content (AvgIpc) is 2.99. The Kier molecular flexibility index (Phi) is 3.73. The molecule has 2 aromatic heterocycles. The predicted molar refractivity (Wildman–Crippen MR) is 68.6 cm³/mol. The third-order valence-electron chi connectivity index (χ3n) is 2.25. The Labute approximate surface area is 107 Å². The van der Waals surface area contributed by atoms with Crippen LogP contribution in [0.2, 0.25) is 0 Å². The first-order valence-corrected chi connectivity index (χ1v) is 6.16. The SMILES string of the molecule is Cc1cn[nH]c1NC(=O)CNC(=O)c1cccs1. The number of rotatable bonds is 4. The summed E-state index contributed by atoms with van der Waals surface area (Å²) in [6.07, 6.45) is 1.61. The van der Waals surface area contributed by atoms with Gasteiger partial charge in [-0.1, -0.05) is 6.07 Å². The highest BCUT2D eigenvalue weighted by molar-refractivity contribution is 7.12. The number of aromatic nitrogens is 2. The number of aromatic amines is 1. The van der Waals surface area contributed by atoms with Crippen LogP contribution in [0.4, 0.5) is 5.82 Å². The Hall–Kier alpha value is -2.15. The molecule has 7 heteroatoms. The molecule has 0 unspecified atom stereocenters. The van der Waals surface area contributed by atoms with Gasteiger partial charge in [0.2, 0.25) is 5.91 Å². The van der Waals surface area contributed by atoms with E-state index in [1.807, 2.05) is 12.3 Å². The minimum absolute atomic E-state index is 0.0742. The standard InChI is InChI=1S/C11H12N4O2S/c1-7-5-13-15-10(7)14-9(16)6-12-11(17)8-3-2-4-18-8/h2-5H,6H2,1H3,(H,12,17)(H2,13,14,15,16). The molecule has 0 aliphatic carbocycles. The molecule has 0 atom stereocenters. The number of nitrogens with zero attached hydrogens (tertiary/aromatic N) is 1. The van der Waals surface area contributed by atoms with Gasteiger partial charge in [-0.25, -0.2) is 0 Å². The van der Waals surface area contributed by atoms with Crippen molar-refractivity contribution in [2.75, 3.05) is 11.9 Å². The number of H-pyrrole nitrogens is 1. The first-order valence-electron chi connectivity index (χ1n) is 5.28. The Bertz CT molecular complexity index is 547. The predicted octanol–water partition coefficient (Wildman–Crippen LogP) is 1.15. The molecular weight excluding hydrogens is 252 g/mol. The molecule has 2 amide bonds. The molecule has 0 saturated carbocycles. The maximum Gasteiger partial charge on any atom is 0.261 e. The van der Waals surface area contributed by atoms with Gasteiger partial charge in [-0.15, -0.1) is 11.3 Å². The number of hydrogen-bond acceptors (Lipinski definition) is 4. The van der Waals surface area contributed by atoms with E-state index in [0.29, 0.717) is 10.7 Å². The van der Waals surface area contributed by atoms with Crippen LogP contribution in [-0.2, 0) is 4.79 Å². The molecule has 2 rings (SSSR count). The largest absolute Gasteiger partial charge is 0.342 e. The fraction of sp³-hybridized carbons (Fsp3) is 0.182. The molecule has 0 spiro atoms. The van der Waals surface area contributed by atoms with Crippen molar-refractivity contribution in [2.45, 2.75) is 6.92 Å². The van der Waals surface area contributed by atoms with E-state index in [9.17, 15) is 9.59 Å². The fourth-order valence-electron chi connectivity index (χ4n) is 1.31. The van der Waals surface area contributed by atoms with Crippen LogP contribution in [0.1, 0.15) is 15.2 Å². The normalized spacial score (nSPS) is 10.1. The van der Waals surface area contributed by atoms with Crippen molar-refractivity contribution in [1.82, 2.24) is 15.5 Å². The minimum atomic E-state index is -0.299. The van der Waals surface area contributed by atoms with Gasteiger partial charge >= 0.3 is 0 Å². The van der Waals surface area contributed by atoms with Gasteiger partial charge in [-0.05, 0) is 18.4 Å². The smallest absolute Gasteiger partial charge is 0.261 e. The van der Waals surface area contributed by atoms with Crippen LogP contribution >= 0.6 is 11.3 Å². The molecule has 2 aromatic rings. The lowest BCUT2D eigenvalue weighted by Crippen LogP contribution is -2.32. The zero-order valence-corrected chi connectivity index (χ0v) is 10.5. The summed E-state index contributed by atoms with van der Waals surface area (Å²) in [6, 6.07) is 3.49. The first-order chi connectivity index (χ1) is 8.66. The Morgan fingerprint density at radius 2 is 2.33 bits per heavy atom. The molecule has 2 heterocycles. The second kappa shape index (κ2) is 5.46. The van der Waals surface area contributed by atoms with E-state index in [1.54, 1.807) is 18.3 Å². The molecule has 6 nitrogen and oxygen atoms in total. The van der Waals surface area contributed by atoms with E-state index in [-0.39, 0.29) is 18.4 Å². The van der Waals surface area contributed by atoms with Crippen molar-refractivity contribution in [3.8, 4) is 0 Å². The van der Waals surface area contributed by atoms with Crippen LogP contribution < -0.4 is 10.6 Å². The molecule has 0 fully saturated rings. The minimum Gasteiger partial charge on any atom is -0.342 e. The van der Waals surface area contributed by atoms with Crippen LogP contribution in [0, 0.1) is 6.92 Å². The lowest BCUT2D eigenvalue weighted by molar-refractivity contribution is -0.115. The Balaban J connectivity index is 1.82. The van der Waals surface area contributed by atoms with Crippen LogP contribution in [0.5, 0.6) is 0 Å². The van der Waals surface area contributed by atoms with Crippen molar-refractivity contribution in [2.24, 2.45) is 0 Å². The van der Waals surface area contributed by atoms with Crippen LogP contribution in [0.25, 0.3) is 0 Å².